The number of fused-ring (bicyclic) bond motifs is 1. The number of nitrogens with zero attached hydrogens (tertiary/aromatic N) is 3. The summed E-state index contributed by atoms with van der Waals surface area (Å²) in [6.07, 6.45) is 10.6. The highest BCUT2D eigenvalue weighted by atomic mass is 32.1. The molecule has 2 aromatic rings. The van der Waals surface area contributed by atoms with E-state index in [0.717, 1.165) is 29.3 Å². The molecule has 0 aromatic carbocycles. The number of hydrogen-bond acceptors (Lipinski definition) is 5. The zero-order valence-corrected chi connectivity index (χ0v) is 16.8. The number of aromatic nitrogens is 2. The van der Waals surface area contributed by atoms with Gasteiger partial charge in [0.1, 0.15) is 5.69 Å². The molecule has 3 heterocycles. The number of amides is 2. The monoisotopic (exact) mass is 398 g/mol. The zero-order chi connectivity index (χ0) is 19.3. The lowest BCUT2D eigenvalue weighted by molar-refractivity contribution is -0.132. The Bertz CT molecular complexity index is 830. The Kier molecular flexibility index (Phi) is 6.00. The van der Waals surface area contributed by atoms with E-state index in [4.69, 9.17) is 0 Å². The van der Waals surface area contributed by atoms with Gasteiger partial charge in [-0.15, -0.1) is 0 Å². The molecular formula is C21H26N4O2S. The lowest BCUT2D eigenvalue weighted by Crippen LogP contribution is -2.35. The molecule has 4 rings (SSSR count). The van der Waals surface area contributed by atoms with E-state index >= 15 is 0 Å². The van der Waals surface area contributed by atoms with Gasteiger partial charge in [-0.25, -0.2) is 4.98 Å². The van der Waals surface area contributed by atoms with Gasteiger partial charge in [0.25, 0.3) is 5.91 Å². The number of rotatable bonds is 5. The van der Waals surface area contributed by atoms with Gasteiger partial charge < -0.3 is 4.90 Å². The van der Waals surface area contributed by atoms with Crippen LogP contribution in [0.4, 0.5) is 5.13 Å². The van der Waals surface area contributed by atoms with E-state index in [0.29, 0.717) is 30.3 Å². The van der Waals surface area contributed by atoms with Gasteiger partial charge in [0.05, 0.1) is 12.2 Å². The lowest BCUT2D eigenvalue weighted by Gasteiger charge is -2.27. The maximum absolute atomic E-state index is 12.7. The van der Waals surface area contributed by atoms with E-state index in [1.54, 1.807) is 24.4 Å². The van der Waals surface area contributed by atoms with Crippen molar-refractivity contribution < 1.29 is 9.59 Å². The van der Waals surface area contributed by atoms with Gasteiger partial charge in [-0.1, -0.05) is 49.5 Å². The SMILES string of the molecule is O=C(Nc1nc2c(s1)CN(C(=O)CCC1CCCCC1)CC2)c1ccccn1. The Labute approximate surface area is 169 Å². The molecule has 0 unspecified atom stereocenters. The molecule has 2 aliphatic rings. The van der Waals surface area contributed by atoms with E-state index in [1.807, 2.05) is 4.90 Å². The van der Waals surface area contributed by atoms with Crippen molar-refractivity contribution in [2.75, 3.05) is 11.9 Å². The second-order valence-corrected chi connectivity index (χ2v) is 8.75. The van der Waals surface area contributed by atoms with Gasteiger partial charge in [-0.05, 0) is 24.5 Å². The summed E-state index contributed by atoms with van der Waals surface area (Å²) in [6, 6.07) is 5.24. The maximum atomic E-state index is 12.7. The quantitative estimate of drug-likeness (QED) is 0.825. The van der Waals surface area contributed by atoms with Gasteiger partial charge in [0, 0.05) is 30.5 Å². The molecule has 0 atom stereocenters. The van der Waals surface area contributed by atoms with Gasteiger partial charge in [0.2, 0.25) is 5.91 Å². The molecule has 2 amide bonds. The van der Waals surface area contributed by atoms with Crippen LogP contribution >= 0.6 is 11.3 Å². The number of carbonyl (C=O) groups is 2. The fraction of sp³-hybridized carbons (Fsp3) is 0.524. The lowest BCUT2D eigenvalue weighted by atomic mass is 9.86. The first-order valence-corrected chi connectivity index (χ1v) is 11.0. The van der Waals surface area contributed by atoms with Crippen molar-refractivity contribution in [2.24, 2.45) is 5.92 Å². The molecular weight excluding hydrogens is 372 g/mol. The van der Waals surface area contributed by atoms with Crippen LogP contribution in [0.2, 0.25) is 0 Å². The number of thiazole rings is 1. The van der Waals surface area contributed by atoms with Crippen molar-refractivity contribution in [1.82, 2.24) is 14.9 Å². The molecule has 1 N–H and O–H groups in total. The Hall–Kier alpha value is -2.28. The van der Waals surface area contributed by atoms with E-state index in [2.05, 4.69) is 15.3 Å². The number of hydrogen-bond donors (Lipinski definition) is 1. The van der Waals surface area contributed by atoms with Crippen LogP contribution in [-0.4, -0.2) is 33.2 Å². The van der Waals surface area contributed by atoms with Crippen molar-refractivity contribution in [3.63, 3.8) is 0 Å². The first kappa shape index (κ1) is 19.1. The molecule has 0 bridgehead atoms. The fourth-order valence-electron chi connectivity index (χ4n) is 4.08. The Morgan fingerprint density at radius 2 is 2.07 bits per heavy atom. The summed E-state index contributed by atoms with van der Waals surface area (Å²) in [7, 11) is 0. The molecule has 7 heteroatoms. The molecule has 148 valence electrons. The average molecular weight is 399 g/mol. The minimum absolute atomic E-state index is 0.253. The van der Waals surface area contributed by atoms with Gasteiger partial charge >= 0.3 is 0 Å². The summed E-state index contributed by atoms with van der Waals surface area (Å²) in [5.74, 6) is 0.727. The number of carbonyl (C=O) groups excluding carboxylic acids is 2. The normalized spacial score (nSPS) is 17.2. The van der Waals surface area contributed by atoms with Crippen molar-refractivity contribution >= 4 is 28.3 Å². The topological polar surface area (TPSA) is 75.2 Å². The maximum Gasteiger partial charge on any atom is 0.276 e. The van der Waals surface area contributed by atoms with Gasteiger partial charge in [-0.2, -0.15) is 0 Å². The van der Waals surface area contributed by atoms with Crippen LogP contribution in [0.3, 0.4) is 0 Å². The van der Waals surface area contributed by atoms with Crippen molar-refractivity contribution in [3.05, 3.63) is 40.7 Å². The molecule has 1 saturated carbocycles. The fourth-order valence-corrected chi connectivity index (χ4v) is 5.10. The third-order valence-electron chi connectivity index (χ3n) is 5.69. The zero-order valence-electron chi connectivity index (χ0n) is 16.0. The summed E-state index contributed by atoms with van der Waals surface area (Å²) < 4.78 is 0. The predicted octanol–water partition coefficient (Wildman–Crippen LogP) is 4.04. The summed E-state index contributed by atoms with van der Waals surface area (Å²) in [5, 5.41) is 3.41. The minimum Gasteiger partial charge on any atom is -0.337 e. The van der Waals surface area contributed by atoms with Crippen LogP contribution in [0.1, 0.15) is 66.0 Å². The molecule has 0 spiro atoms. The molecule has 0 saturated heterocycles. The third kappa shape index (κ3) is 4.58. The molecule has 28 heavy (non-hydrogen) atoms. The summed E-state index contributed by atoms with van der Waals surface area (Å²) in [5.41, 5.74) is 1.37. The van der Waals surface area contributed by atoms with Crippen LogP contribution in [0.15, 0.2) is 24.4 Å². The molecule has 1 aliphatic carbocycles. The first-order valence-electron chi connectivity index (χ1n) is 10.2. The van der Waals surface area contributed by atoms with E-state index in [9.17, 15) is 9.59 Å². The summed E-state index contributed by atoms with van der Waals surface area (Å²) >= 11 is 1.46. The van der Waals surface area contributed by atoms with Crippen LogP contribution in [0, 0.1) is 5.92 Å². The van der Waals surface area contributed by atoms with E-state index in [-0.39, 0.29) is 11.8 Å². The standard InChI is InChI=1S/C21H26N4O2S/c26-19(10-9-15-6-2-1-3-7-15)25-13-11-16-18(14-25)28-21(23-16)24-20(27)17-8-4-5-12-22-17/h4-5,8,12,15H,1-3,6-7,9-11,13-14H2,(H,23,24,27). The highest BCUT2D eigenvalue weighted by Crippen LogP contribution is 2.30. The molecule has 1 fully saturated rings. The number of anilines is 1. The predicted molar refractivity (Wildman–Crippen MR) is 109 cm³/mol. The van der Waals surface area contributed by atoms with E-state index < -0.39 is 0 Å². The molecule has 6 nitrogen and oxygen atoms in total. The Balaban J connectivity index is 1.32. The number of pyridine rings is 1. The summed E-state index contributed by atoms with van der Waals surface area (Å²) in [4.78, 5) is 36.6. The second-order valence-electron chi connectivity index (χ2n) is 7.67. The minimum atomic E-state index is -0.257. The largest absolute Gasteiger partial charge is 0.337 e. The van der Waals surface area contributed by atoms with Crippen molar-refractivity contribution in [3.8, 4) is 0 Å². The van der Waals surface area contributed by atoms with Crippen molar-refractivity contribution in [2.45, 2.75) is 57.9 Å². The Morgan fingerprint density at radius 3 is 2.86 bits per heavy atom. The molecule has 0 radical (unpaired) electrons. The first-order chi connectivity index (χ1) is 13.7. The summed E-state index contributed by atoms with van der Waals surface area (Å²) in [6.45, 7) is 1.32. The number of nitrogens with one attached hydrogen (secondary N) is 1. The molecule has 1 aliphatic heterocycles. The van der Waals surface area contributed by atoms with Crippen LogP contribution < -0.4 is 5.32 Å². The average Bonchev–Trinajstić information content (AvgIpc) is 3.14. The van der Waals surface area contributed by atoms with Gasteiger partial charge in [-0.3, -0.25) is 19.9 Å². The molecule has 2 aromatic heterocycles. The van der Waals surface area contributed by atoms with Crippen LogP contribution in [0.25, 0.3) is 0 Å². The van der Waals surface area contributed by atoms with Gasteiger partial charge in [0.15, 0.2) is 5.13 Å². The highest BCUT2D eigenvalue weighted by Gasteiger charge is 2.25. The smallest absolute Gasteiger partial charge is 0.276 e. The van der Waals surface area contributed by atoms with E-state index in [1.165, 1.54) is 43.4 Å². The van der Waals surface area contributed by atoms with Crippen molar-refractivity contribution in [1.29, 1.82) is 0 Å². The van der Waals surface area contributed by atoms with Crippen LogP contribution in [0.5, 0.6) is 0 Å². The third-order valence-corrected chi connectivity index (χ3v) is 6.69. The Morgan fingerprint density at radius 1 is 1.21 bits per heavy atom. The second kappa shape index (κ2) is 8.82. The van der Waals surface area contributed by atoms with Crippen LogP contribution in [-0.2, 0) is 17.8 Å². The highest BCUT2D eigenvalue weighted by molar-refractivity contribution is 7.15.